The van der Waals surface area contributed by atoms with Gasteiger partial charge in [0.1, 0.15) is 0 Å². The molecule has 0 saturated carbocycles. The Balaban J connectivity index is 1.88. The molecule has 0 saturated heterocycles. The van der Waals surface area contributed by atoms with E-state index in [2.05, 4.69) is 45.1 Å². The van der Waals surface area contributed by atoms with E-state index in [-0.39, 0.29) is 23.4 Å². The number of phenolic OH excluding ortho intramolecular Hbond substituents is 2. The smallest absolute Gasteiger partial charge is 0.254 e. The molecule has 1 atom stereocenters. The van der Waals surface area contributed by atoms with Gasteiger partial charge in [-0.2, -0.15) is 0 Å². The van der Waals surface area contributed by atoms with Gasteiger partial charge in [0.15, 0.2) is 11.5 Å². The molecule has 0 fully saturated rings. The van der Waals surface area contributed by atoms with Crippen molar-refractivity contribution in [1.29, 1.82) is 0 Å². The molecule has 5 nitrogen and oxygen atoms in total. The molecule has 0 spiro atoms. The number of nitrogens with zero attached hydrogens (tertiary/aromatic N) is 1. The third kappa shape index (κ3) is 5.98. The number of hydrogen-bond donors (Lipinski definition) is 3. The lowest BCUT2D eigenvalue weighted by Gasteiger charge is -2.37. The topological polar surface area (TPSA) is 72.8 Å². The Bertz CT molecular complexity index is 1060. The summed E-state index contributed by atoms with van der Waals surface area (Å²) in [6, 6.07) is 10.9. The Morgan fingerprint density at radius 3 is 2.52 bits per heavy atom. The van der Waals surface area contributed by atoms with E-state index in [0.717, 1.165) is 47.9 Å². The van der Waals surface area contributed by atoms with E-state index in [9.17, 15) is 15.0 Å². The number of aryl methyl sites for hydroxylation is 1. The lowest BCUT2D eigenvalue weighted by atomic mass is 9.87. The molecule has 176 valence electrons. The fourth-order valence-electron chi connectivity index (χ4n) is 4.16. The van der Waals surface area contributed by atoms with Gasteiger partial charge in [0, 0.05) is 12.1 Å². The van der Waals surface area contributed by atoms with Gasteiger partial charge in [-0.05, 0) is 86.8 Å². The molecule has 3 rings (SSSR count). The van der Waals surface area contributed by atoms with E-state index in [1.807, 2.05) is 23.4 Å². The van der Waals surface area contributed by atoms with Crippen LogP contribution in [0.25, 0.3) is 0 Å². The molecule has 3 N–H and O–H groups in total. The molecule has 1 unspecified atom stereocenters. The van der Waals surface area contributed by atoms with Crippen LogP contribution >= 0.6 is 0 Å². The fourth-order valence-corrected chi connectivity index (χ4v) is 4.16. The summed E-state index contributed by atoms with van der Waals surface area (Å²) >= 11 is 0. The second kappa shape index (κ2) is 11.1. The quantitative estimate of drug-likeness (QED) is 0.412. The van der Waals surface area contributed by atoms with E-state index < -0.39 is 0 Å². The Labute approximate surface area is 197 Å². The van der Waals surface area contributed by atoms with Crippen LogP contribution in [0.15, 0.2) is 59.9 Å². The highest BCUT2D eigenvalue weighted by atomic mass is 16.3. The van der Waals surface area contributed by atoms with Crippen LogP contribution in [0.2, 0.25) is 0 Å². The largest absolute Gasteiger partial charge is 0.504 e. The average molecular weight is 449 g/mol. The van der Waals surface area contributed by atoms with Crippen LogP contribution in [-0.4, -0.2) is 27.6 Å². The predicted octanol–water partition coefficient (Wildman–Crippen LogP) is 5.99. The van der Waals surface area contributed by atoms with E-state index in [1.54, 1.807) is 12.1 Å². The summed E-state index contributed by atoms with van der Waals surface area (Å²) in [6.07, 6.45) is 8.40. The zero-order valence-corrected chi connectivity index (χ0v) is 20.2. The summed E-state index contributed by atoms with van der Waals surface area (Å²) in [5, 5.41) is 23.1. The van der Waals surface area contributed by atoms with Crippen molar-refractivity contribution in [3.8, 4) is 11.5 Å². The molecule has 0 radical (unpaired) electrons. The number of amides is 1. The van der Waals surface area contributed by atoms with Gasteiger partial charge in [-0.25, -0.2) is 0 Å². The summed E-state index contributed by atoms with van der Waals surface area (Å²) in [6.45, 7) is 8.98. The van der Waals surface area contributed by atoms with Gasteiger partial charge in [0.2, 0.25) is 0 Å². The molecule has 2 aromatic carbocycles. The third-order valence-electron chi connectivity index (χ3n) is 6.34. The highest BCUT2D eigenvalue weighted by molar-refractivity contribution is 5.97. The maximum Gasteiger partial charge on any atom is 0.254 e. The predicted molar refractivity (Wildman–Crippen MR) is 133 cm³/mol. The van der Waals surface area contributed by atoms with Gasteiger partial charge in [0.25, 0.3) is 5.91 Å². The molecule has 0 bridgehead atoms. The molecule has 1 heterocycles. The maximum atomic E-state index is 13.6. The second-order valence-electron chi connectivity index (χ2n) is 8.96. The SMILES string of the molecule is CCCc1ccc2c(c1)C(=O)N(CC/C(C)=C/N/C=C(/C)CC)C(c1ccc(O)c(O)c1)C2. The van der Waals surface area contributed by atoms with Crippen molar-refractivity contribution in [2.24, 2.45) is 0 Å². The average Bonchev–Trinajstić information content (AvgIpc) is 2.80. The van der Waals surface area contributed by atoms with Crippen LogP contribution in [0.3, 0.4) is 0 Å². The number of carbonyl (C=O) groups excluding carboxylic acids is 1. The number of benzene rings is 2. The molecular formula is C28H36N2O3. The first-order chi connectivity index (χ1) is 15.8. The molecule has 1 aliphatic rings. The van der Waals surface area contributed by atoms with Crippen molar-refractivity contribution < 1.29 is 15.0 Å². The monoisotopic (exact) mass is 448 g/mol. The second-order valence-corrected chi connectivity index (χ2v) is 8.96. The molecule has 2 aromatic rings. The number of aromatic hydroxyl groups is 2. The lowest BCUT2D eigenvalue weighted by Crippen LogP contribution is -2.41. The molecule has 1 aliphatic heterocycles. The van der Waals surface area contributed by atoms with Crippen LogP contribution in [0.5, 0.6) is 11.5 Å². The summed E-state index contributed by atoms with van der Waals surface area (Å²) < 4.78 is 0. The van der Waals surface area contributed by atoms with E-state index in [1.165, 1.54) is 17.2 Å². The van der Waals surface area contributed by atoms with Crippen LogP contribution in [0.4, 0.5) is 0 Å². The van der Waals surface area contributed by atoms with Gasteiger partial charge in [-0.3, -0.25) is 4.79 Å². The first kappa shape index (κ1) is 24.4. The zero-order valence-electron chi connectivity index (χ0n) is 20.2. The van der Waals surface area contributed by atoms with Gasteiger partial charge >= 0.3 is 0 Å². The Morgan fingerprint density at radius 2 is 1.82 bits per heavy atom. The van der Waals surface area contributed by atoms with Crippen molar-refractivity contribution in [2.45, 2.75) is 65.8 Å². The van der Waals surface area contributed by atoms with Crippen LogP contribution in [0.1, 0.15) is 80.0 Å². The number of hydrogen-bond acceptors (Lipinski definition) is 4. The van der Waals surface area contributed by atoms with Crippen molar-refractivity contribution in [1.82, 2.24) is 10.2 Å². The van der Waals surface area contributed by atoms with Gasteiger partial charge in [-0.15, -0.1) is 0 Å². The Hall–Kier alpha value is -3.21. The highest BCUT2D eigenvalue weighted by Gasteiger charge is 2.33. The first-order valence-corrected chi connectivity index (χ1v) is 11.9. The van der Waals surface area contributed by atoms with Crippen LogP contribution in [0, 0.1) is 0 Å². The summed E-state index contributed by atoms with van der Waals surface area (Å²) in [4.78, 5) is 15.5. The summed E-state index contributed by atoms with van der Waals surface area (Å²) in [5.74, 6) is -0.297. The first-order valence-electron chi connectivity index (χ1n) is 11.9. The summed E-state index contributed by atoms with van der Waals surface area (Å²) in [7, 11) is 0. The number of phenols is 2. The number of fused-ring (bicyclic) bond motifs is 1. The minimum atomic E-state index is -0.198. The van der Waals surface area contributed by atoms with E-state index in [0.29, 0.717) is 13.0 Å². The fraction of sp³-hybridized carbons (Fsp3) is 0.393. The van der Waals surface area contributed by atoms with Crippen molar-refractivity contribution in [3.63, 3.8) is 0 Å². The lowest BCUT2D eigenvalue weighted by molar-refractivity contribution is 0.0649. The number of rotatable bonds is 9. The number of carbonyl (C=O) groups is 1. The van der Waals surface area contributed by atoms with E-state index >= 15 is 0 Å². The molecule has 0 aromatic heterocycles. The summed E-state index contributed by atoms with van der Waals surface area (Å²) in [5.41, 5.74) is 6.24. The van der Waals surface area contributed by atoms with Crippen molar-refractivity contribution in [3.05, 3.63) is 82.2 Å². The molecule has 1 amide bonds. The minimum Gasteiger partial charge on any atom is -0.504 e. The van der Waals surface area contributed by atoms with Crippen LogP contribution < -0.4 is 5.32 Å². The zero-order chi connectivity index (χ0) is 24.0. The molecule has 33 heavy (non-hydrogen) atoms. The number of allylic oxidation sites excluding steroid dienone is 1. The molecule has 5 heteroatoms. The van der Waals surface area contributed by atoms with Gasteiger partial charge in [-0.1, -0.05) is 49.6 Å². The highest BCUT2D eigenvalue weighted by Crippen LogP contribution is 2.37. The van der Waals surface area contributed by atoms with Crippen molar-refractivity contribution in [2.75, 3.05) is 6.54 Å². The van der Waals surface area contributed by atoms with Crippen LogP contribution in [-0.2, 0) is 12.8 Å². The standard InChI is InChI=1S/C28H36N2O3/c1-5-7-21-8-9-22-15-25(23-10-11-26(31)27(32)16-23)30(28(33)24(22)14-21)13-12-20(4)18-29-17-19(3)6-2/h8-11,14,16-18,25,29,31-32H,5-7,12-13,15H2,1-4H3/b19-17-,20-18+. The molecule has 0 aliphatic carbocycles. The Kier molecular flexibility index (Phi) is 8.21. The van der Waals surface area contributed by atoms with E-state index in [4.69, 9.17) is 0 Å². The normalized spacial score (nSPS) is 16.7. The minimum absolute atomic E-state index is 0.0225. The number of nitrogens with one attached hydrogen (secondary N) is 1. The Morgan fingerprint density at radius 1 is 1.06 bits per heavy atom. The third-order valence-corrected chi connectivity index (χ3v) is 6.34. The van der Waals surface area contributed by atoms with Crippen molar-refractivity contribution >= 4 is 5.91 Å². The molecular weight excluding hydrogens is 412 g/mol. The van der Waals surface area contributed by atoms with Gasteiger partial charge < -0.3 is 20.4 Å². The maximum absolute atomic E-state index is 13.6. The van der Waals surface area contributed by atoms with Gasteiger partial charge in [0.05, 0.1) is 6.04 Å².